The topological polar surface area (TPSA) is 54.3 Å². The lowest BCUT2D eigenvalue weighted by Crippen LogP contribution is -2.52. The van der Waals surface area contributed by atoms with Crippen molar-refractivity contribution < 1.29 is 9.21 Å². The van der Waals surface area contributed by atoms with E-state index in [9.17, 15) is 4.79 Å². The molecule has 1 aromatic heterocycles. The minimum Gasteiger partial charge on any atom is -0.460 e. The number of hydrogen-bond donors (Lipinski definition) is 2. The molecule has 2 N–H and O–H groups in total. The van der Waals surface area contributed by atoms with Gasteiger partial charge < -0.3 is 15.1 Å². The lowest BCUT2D eigenvalue weighted by Gasteiger charge is -2.31. The molecule has 3 unspecified atom stereocenters. The first kappa shape index (κ1) is 14.1. The van der Waals surface area contributed by atoms with Gasteiger partial charge in [0, 0.05) is 17.5 Å². The summed E-state index contributed by atoms with van der Waals surface area (Å²) in [7, 11) is 0. The fourth-order valence-electron chi connectivity index (χ4n) is 2.89. The number of amides is 1. The Bertz CT molecular complexity index is 602. The number of rotatable bonds is 3. The Labute approximate surface area is 124 Å². The van der Waals surface area contributed by atoms with Crippen LogP contribution in [0.15, 0.2) is 34.7 Å². The van der Waals surface area contributed by atoms with Crippen molar-refractivity contribution in [1.82, 2.24) is 10.6 Å². The van der Waals surface area contributed by atoms with Crippen LogP contribution in [0.2, 0.25) is 0 Å². The van der Waals surface area contributed by atoms with Crippen molar-refractivity contribution in [2.45, 2.75) is 44.7 Å². The Morgan fingerprint density at radius 3 is 3.00 bits per heavy atom. The van der Waals surface area contributed by atoms with Gasteiger partial charge >= 0.3 is 0 Å². The molecule has 0 saturated carbocycles. The van der Waals surface area contributed by atoms with Crippen LogP contribution >= 0.6 is 0 Å². The summed E-state index contributed by atoms with van der Waals surface area (Å²) in [5, 5.41) is 7.59. The van der Waals surface area contributed by atoms with Crippen LogP contribution < -0.4 is 10.6 Å². The minimum atomic E-state index is -0.272. The van der Waals surface area contributed by atoms with Gasteiger partial charge in [-0.15, -0.1) is 0 Å². The maximum Gasteiger partial charge on any atom is 0.230 e. The molecule has 0 radical (unpaired) electrons. The Balaban J connectivity index is 1.71. The van der Waals surface area contributed by atoms with E-state index in [4.69, 9.17) is 4.42 Å². The molecule has 1 aliphatic rings. The second kappa shape index (κ2) is 5.90. The van der Waals surface area contributed by atoms with E-state index >= 15 is 0 Å². The Kier molecular flexibility index (Phi) is 3.97. The van der Waals surface area contributed by atoms with Gasteiger partial charge in [-0.2, -0.15) is 0 Å². The summed E-state index contributed by atoms with van der Waals surface area (Å²) >= 11 is 0. The number of fused-ring (bicyclic) bond motifs is 1. The molecule has 2 aromatic rings. The predicted octanol–water partition coefficient (Wildman–Crippen LogP) is 2.79. The maximum atomic E-state index is 12.4. The van der Waals surface area contributed by atoms with Crippen LogP contribution in [-0.2, 0) is 4.79 Å². The van der Waals surface area contributed by atoms with Crippen molar-refractivity contribution in [3.8, 4) is 0 Å². The summed E-state index contributed by atoms with van der Waals surface area (Å²) in [6, 6.07) is 10.3. The quantitative estimate of drug-likeness (QED) is 0.912. The summed E-state index contributed by atoms with van der Waals surface area (Å²) in [6.07, 6.45) is 2.14. The number of hydrogen-bond acceptors (Lipinski definition) is 3. The fraction of sp³-hybridized carbons (Fsp3) is 0.471. The molecule has 3 atom stereocenters. The molecule has 1 aromatic carbocycles. The fourth-order valence-corrected chi connectivity index (χ4v) is 2.89. The van der Waals surface area contributed by atoms with Crippen LogP contribution in [0.4, 0.5) is 0 Å². The summed E-state index contributed by atoms with van der Waals surface area (Å²) in [5.41, 5.74) is 0.833. The number of furan rings is 1. The Hall–Kier alpha value is -1.81. The third kappa shape index (κ3) is 2.95. The van der Waals surface area contributed by atoms with Crippen molar-refractivity contribution in [2.75, 3.05) is 6.54 Å². The standard InChI is InChI=1S/C17H22N2O2/c1-11(16-10-13-6-3-4-8-15(13)21-16)17(20)19-14-7-5-9-18-12(14)2/h3-4,6,8,10-12,14,18H,5,7,9H2,1-2H3,(H,19,20). The van der Waals surface area contributed by atoms with Gasteiger partial charge in [-0.25, -0.2) is 0 Å². The number of piperidine rings is 1. The molecule has 0 spiro atoms. The smallest absolute Gasteiger partial charge is 0.230 e. The summed E-state index contributed by atoms with van der Waals surface area (Å²) in [6.45, 7) is 5.05. The van der Waals surface area contributed by atoms with E-state index in [1.807, 2.05) is 37.3 Å². The van der Waals surface area contributed by atoms with E-state index in [-0.39, 0.29) is 17.9 Å². The molecule has 0 aliphatic carbocycles. The van der Waals surface area contributed by atoms with Crippen LogP contribution in [-0.4, -0.2) is 24.5 Å². The summed E-state index contributed by atoms with van der Waals surface area (Å²) < 4.78 is 5.79. The SMILES string of the molecule is CC(C(=O)NC1CCCNC1C)c1cc2ccccc2o1. The van der Waals surface area contributed by atoms with E-state index in [2.05, 4.69) is 17.6 Å². The Morgan fingerprint density at radius 2 is 2.24 bits per heavy atom. The monoisotopic (exact) mass is 286 g/mol. The largest absolute Gasteiger partial charge is 0.460 e. The predicted molar refractivity (Wildman–Crippen MR) is 83.3 cm³/mol. The van der Waals surface area contributed by atoms with Crippen molar-refractivity contribution >= 4 is 16.9 Å². The molecule has 4 nitrogen and oxygen atoms in total. The Morgan fingerprint density at radius 1 is 1.43 bits per heavy atom. The third-order valence-electron chi connectivity index (χ3n) is 4.35. The van der Waals surface area contributed by atoms with Gasteiger partial charge in [-0.1, -0.05) is 18.2 Å². The molecule has 4 heteroatoms. The molecule has 3 rings (SSSR count). The molecular formula is C17H22N2O2. The van der Waals surface area contributed by atoms with Crippen molar-refractivity contribution in [1.29, 1.82) is 0 Å². The molecule has 2 heterocycles. The zero-order valence-electron chi connectivity index (χ0n) is 12.6. The summed E-state index contributed by atoms with van der Waals surface area (Å²) in [4.78, 5) is 12.4. The first-order valence-corrected chi connectivity index (χ1v) is 7.67. The highest BCUT2D eigenvalue weighted by molar-refractivity contribution is 5.85. The van der Waals surface area contributed by atoms with Gasteiger partial charge in [0.15, 0.2) is 0 Å². The van der Waals surface area contributed by atoms with Crippen LogP contribution in [0, 0.1) is 0 Å². The minimum absolute atomic E-state index is 0.0367. The molecular weight excluding hydrogens is 264 g/mol. The maximum absolute atomic E-state index is 12.4. The van der Waals surface area contributed by atoms with Crippen molar-refractivity contribution in [3.05, 3.63) is 36.1 Å². The van der Waals surface area contributed by atoms with Gasteiger partial charge in [-0.3, -0.25) is 4.79 Å². The average Bonchev–Trinajstić information content (AvgIpc) is 2.92. The van der Waals surface area contributed by atoms with E-state index in [1.54, 1.807) is 0 Å². The molecule has 112 valence electrons. The van der Waals surface area contributed by atoms with Crippen LogP contribution in [0.5, 0.6) is 0 Å². The van der Waals surface area contributed by atoms with Crippen molar-refractivity contribution in [2.24, 2.45) is 0 Å². The molecule has 1 saturated heterocycles. The second-order valence-electron chi connectivity index (χ2n) is 5.91. The van der Waals surface area contributed by atoms with Gasteiger partial charge in [0.25, 0.3) is 0 Å². The normalized spacial score (nSPS) is 23.9. The van der Waals surface area contributed by atoms with E-state index in [1.165, 1.54) is 0 Å². The lowest BCUT2D eigenvalue weighted by molar-refractivity contribution is -0.123. The lowest BCUT2D eigenvalue weighted by atomic mass is 9.98. The highest BCUT2D eigenvalue weighted by Gasteiger charge is 2.26. The third-order valence-corrected chi connectivity index (χ3v) is 4.35. The van der Waals surface area contributed by atoms with Crippen LogP contribution in [0.3, 0.4) is 0 Å². The van der Waals surface area contributed by atoms with E-state index < -0.39 is 0 Å². The zero-order chi connectivity index (χ0) is 14.8. The molecule has 0 bridgehead atoms. The second-order valence-corrected chi connectivity index (χ2v) is 5.91. The van der Waals surface area contributed by atoms with Gasteiger partial charge in [0.05, 0.1) is 5.92 Å². The first-order valence-electron chi connectivity index (χ1n) is 7.67. The van der Waals surface area contributed by atoms with E-state index in [0.29, 0.717) is 6.04 Å². The average molecular weight is 286 g/mol. The molecule has 1 fully saturated rings. The molecule has 21 heavy (non-hydrogen) atoms. The highest BCUT2D eigenvalue weighted by Crippen LogP contribution is 2.25. The van der Waals surface area contributed by atoms with Crippen LogP contribution in [0.1, 0.15) is 38.4 Å². The molecule has 1 amide bonds. The van der Waals surface area contributed by atoms with Gasteiger partial charge in [0.2, 0.25) is 5.91 Å². The summed E-state index contributed by atoms with van der Waals surface area (Å²) in [5.74, 6) is 0.492. The number of carbonyl (C=O) groups excluding carboxylic acids is 1. The van der Waals surface area contributed by atoms with E-state index in [0.717, 1.165) is 36.1 Å². The highest BCUT2D eigenvalue weighted by atomic mass is 16.3. The van der Waals surface area contributed by atoms with Crippen molar-refractivity contribution in [3.63, 3.8) is 0 Å². The number of carbonyl (C=O) groups is 1. The first-order chi connectivity index (χ1) is 10.1. The number of benzene rings is 1. The number of nitrogens with one attached hydrogen (secondary N) is 2. The van der Waals surface area contributed by atoms with Gasteiger partial charge in [-0.05, 0) is 45.4 Å². The van der Waals surface area contributed by atoms with Gasteiger partial charge in [0.1, 0.15) is 11.3 Å². The number of para-hydroxylation sites is 1. The zero-order valence-corrected chi connectivity index (χ0v) is 12.6. The molecule has 1 aliphatic heterocycles. The van der Waals surface area contributed by atoms with Crippen LogP contribution in [0.25, 0.3) is 11.0 Å².